The van der Waals surface area contributed by atoms with Crippen molar-refractivity contribution in [1.82, 2.24) is 14.6 Å². The minimum atomic E-state index is -0.692. The van der Waals surface area contributed by atoms with Gasteiger partial charge >= 0.3 is 6.03 Å². The molecular weight excluding hydrogens is 390 g/mol. The van der Waals surface area contributed by atoms with Crippen LogP contribution in [0.25, 0.3) is 0 Å². The van der Waals surface area contributed by atoms with Crippen LogP contribution in [0.2, 0.25) is 0 Å². The number of benzene rings is 1. The summed E-state index contributed by atoms with van der Waals surface area (Å²) in [5.74, 6) is -0.560. The van der Waals surface area contributed by atoms with Gasteiger partial charge in [-0.2, -0.15) is 4.37 Å². The number of unbranched alkanes of at least 4 members (excludes halogenated alkanes) is 1. The molecule has 0 unspecified atom stereocenters. The number of hydrogen-bond acceptors (Lipinski definition) is 6. The number of carbonyl (C=O) groups excluding carboxylic acids is 2. The second kappa shape index (κ2) is 10.8. The van der Waals surface area contributed by atoms with Gasteiger partial charge in [0.25, 0.3) is 5.91 Å². The first-order valence-corrected chi connectivity index (χ1v) is 10.6. The van der Waals surface area contributed by atoms with Crippen molar-refractivity contribution in [2.45, 2.75) is 32.3 Å². The van der Waals surface area contributed by atoms with Gasteiger partial charge in [0.1, 0.15) is 17.2 Å². The molecule has 3 amide bonds. The quantitative estimate of drug-likeness (QED) is 0.515. The summed E-state index contributed by atoms with van der Waals surface area (Å²) in [6, 6.07) is 9.15. The van der Waals surface area contributed by atoms with Crippen molar-refractivity contribution >= 4 is 28.5 Å². The lowest BCUT2D eigenvalue weighted by Crippen LogP contribution is -2.30. The molecule has 0 spiro atoms. The van der Waals surface area contributed by atoms with Gasteiger partial charge < -0.3 is 20.7 Å². The van der Waals surface area contributed by atoms with Crippen LogP contribution in [-0.2, 0) is 6.61 Å². The van der Waals surface area contributed by atoms with Crippen LogP contribution in [0, 0.1) is 0 Å². The molecule has 8 nitrogen and oxygen atoms in total. The highest BCUT2D eigenvalue weighted by Gasteiger charge is 2.22. The molecule has 0 atom stereocenters. The van der Waals surface area contributed by atoms with Gasteiger partial charge in [-0.3, -0.25) is 10.1 Å². The number of nitrogens with two attached hydrogens (primary N) is 1. The molecule has 29 heavy (non-hydrogen) atoms. The van der Waals surface area contributed by atoms with Crippen LogP contribution in [0.3, 0.4) is 0 Å². The molecule has 1 aliphatic heterocycles. The Morgan fingerprint density at radius 3 is 2.66 bits per heavy atom. The van der Waals surface area contributed by atoms with Gasteiger partial charge in [0, 0.05) is 6.54 Å². The van der Waals surface area contributed by atoms with Crippen LogP contribution < -0.4 is 21.1 Å². The molecule has 156 valence electrons. The molecule has 3 rings (SSSR count). The summed E-state index contributed by atoms with van der Waals surface area (Å²) in [5.41, 5.74) is 6.51. The Balaban J connectivity index is 1.45. The van der Waals surface area contributed by atoms with E-state index in [2.05, 4.69) is 19.9 Å². The third-order valence-electron chi connectivity index (χ3n) is 4.74. The van der Waals surface area contributed by atoms with Crippen molar-refractivity contribution in [3.05, 3.63) is 41.5 Å². The number of primary amides is 1. The van der Waals surface area contributed by atoms with Crippen molar-refractivity contribution in [3.8, 4) is 5.88 Å². The number of rotatable bonds is 10. The van der Waals surface area contributed by atoms with E-state index in [-0.39, 0.29) is 29.1 Å². The van der Waals surface area contributed by atoms with Crippen LogP contribution in [0.4, 0.5) is 9.80 Å². The summed E-state index contributed by atoms with van der Waals surface area (Å²) in [4.78, 5) is 26.5. The number of urea groups is 1. The van der Waals surface area contributed by atoms with Gasteiger partial charge in [0.2, 0.25) is 5.88 Å². The Morgan fingerprint density at radius 2 is 1.93 bits per heavy atom. The van der Waals surface area contributed by atoms with E-state index in [1.165, 1.54) is 25.9 Å². The Labute approximate surface area is 174 Å². The lowest BCUT2D eigenvalue weighted by atomic mass is 10.2. The predicted molar refractivity (Wildman–Crippen MR) is 113 cm³/mol. The highest BCUT2D eigenvalue weighted by Crippen LogP contribution is 2.30. The molecule has 2 aromatic rings. The van der Waals surface area contributed by atoms with Gasteiger partial charge in [0.05, 0.1) is 0 Å². The third kappa shape index (κ3) is 6.43. The van der Waals surface area contributed by atoms with Gasteiger partial charge in [0.15, 0.2) is 0 Å². The molecule has 2 heterocycles. The Hall–Kier alpha value is -2.65. The fourth-order valence-electron chi connectivity index (χ4n) is 3.22. The van der Waals surface area contributed by atoms with Gasteiger partial charge in [-0.1, -0.05) is 30.3 Å². The molecule has 1 aliphatic rings. The van der Waals surface area contributed by atoms with Crippen molar-refractivity contribution in [1.29, 1.82) is 0 Å². The Morgan fingerprint density at radius 1 is 1.17 bits per heavy atom. The highest BCUT2D eigenvalue weighted by atomic mass is 32.1. The number of hydrogen-bond donors (Lipinski definition) is 3. The number of carbonyl (C=O) groups is 2. The van der Waals surface area contributed by atoms with E-state index < -0.39 is 5.91 Å². The molecule has 0 bridgehead atoms. The molecule has 1 aromatic carbocycles. The van der Waals surface area contributed by atoms with Crippen molar-refractivity contribution in [2.24, 2.45) is 5.73 Å². The summed E-state index contributed by atoms with van der Waals surface area (Å²) >= 11 is 0.974. The van der Waals surface area contributed by atoms with Crippen LogP contribution in [0.1, 0.15) is 41.6 Å². The average Bonchev–Trinajstić information content (AvgIpc) is 3.37. The summed E-state index contributed by atoms with van der Waals surface area (Å²) in [7, 11) is 0. The SMILES string of the molecule is NC(=O)c1c(OCc2ccccc2)nsc1NC(=O)NCCCCN1CCCC1. The maximum absolute atomic E-state index is 12.1. The minimum Gasteiger partial charge on any atom is -0.472 e. The number of nitrogens with zero attached hydrogens (tertiary/aromatic N) is 2. The second-order valence-electron chi connectivity index (χ2n) is 6.97. The van der Waals surface area contributed by atoms with Crippen molar-refractivity contribution in [2.75, 3.05) is 31.5 Å². The lowest BCUT2D eigenvalue weighted by molar-refractivity contribution is 0.0996. The van der Waals surface area contributed by atoms with E-state index in [4.69, 9.17) is 10.5 Å². The number of aromatic nitrogens is 1. The minimum absolute atomic E-state index is 0.0927. The Kier molecular flexibility index (Phi) is 7.83. The number of likely N-dealkylation sites (tertiary alicyclic amines) is 1. The van der Waals surface area contributed by atoms with Crippen LogP contribution in [0.15, 0.2) is 30.3 Å². The molecule has 4 N–H and O–H groups in total. The van der Waals surface area contributed by atoms with Crippen LogP contribution in [0.5, 0.6) is 5.88 Å². The normalized spacial score (nSPS) is 13.9. The Bertz CT molecular complexity index is 806. The molecule has 0 saturated carbocycles. The standard InChI is InChI=1S/C20H27N5O3S/c21-17(26)16-18(28-14-15-8-2-1-3-9-15)24-29-19(16)23-20(27)22-10-4-5-11-25-12-6-7-13-25/h1-3,8-9H,4-7,10-14H2,(H2,21,26)(H2,22,23,27). The van der Waals surface area contributed by atoms with E-state index in [1.54, 1.807) is 0 Å². The molecular formula is C20H27N5O3S. The number of anilines is 1. The first kappa shape index (κ1) is 21.1. The van der Waals surface area contributed by atoms with E-state index in [1.807, 2.05) is 30.3 Å². The van der Waals surface area contributed by atoms with Gasteiger partial charge in [-0.05, 0) is 62.4 Å². The van der Waals surface area contributed by atoms with Gasteiger partial charge in [-0.25, -0.2) is 4.79 Å². The maximum Gasteiger partial charge on any atom is 0.319 e. The molecule has 9 heteroatoms. The largest absolute Gasteiger partial charge is 0.472 e. The summed E-state index contributed by atoms with van der Waals surface area (Å²) in [6.45, 7) is 4.27. The zero-order valence-electron chi connectivity index (χ0n) is 16.4. The van der Waals surface area contributed by atoms with E-state index in [0.717, 1.165) is 36.5 Å². The molecule has 0 aliphatic carbocycles. The molecule has 1 saturated heterocycles. The topological polar surface area (TPSA) is 110 Å². The zero-order valence-corrected chi connectivity index (χ0v) is 17.2. The number of ether oxygens (including phenoxy) is 1. The van der Waals surface area contributed by atoms with E-state index in [0.29, 0.717) is 6.54 Å². The average molecular weight is 418 g/mol. The predicted octanol–water partition coefficient (Wildman–Crippen LogP) is 2.82. The number of nitrogens with one attached hydrogen (secondary N) is 2. The maximum atomic E-state index is 12.1. The first-order valence-electron chi connectivity index (χ1n) is 9.87. The summed E-state index contributed by atoms with van der Waals surface area (Å²) < 4.78 is 9.76. The van der Waals surface area contributed by atoms with Crippen LogP contribution >= 0.6 is 11.5 Å². The van der Waals surface area contributed by atoms with Crippen molar-refractivity contribution < 1.29 is 14.3 Å². The summed E-state index contributed by atoms with van der Waals surface area (Å²) in [6.07, 6.45) is 4.52. The molecule has 1 fully saturated rings. The van der Waals surface area contributed by atoms with E-state index >= 15 is 0 Å². The monoisotopic (exact) mass is 417 g/mol. The highest BCUT2D eigenvalue weighted by molar-refractivity contribution is 7.11. The molecule has 0 radical (unpaired) electrons. The van der Waals surface area contributed by atoms with Crippen molar-refractivity contribution in [3.63, 3.8) is 0 Å². The smallest absolute Gasteiger partial charge is 0.319 e. The second-order valence-corrected chi connectivity index (χ2v) is 7.74. The fraction of sp³-hybridized carbons (Fsp3) is 0.450. The van der Waals surface area contributed by atoms with E-state index in [9.17, 15) is 9.59 Å². The third-order valence-corrected chi connectivity index (χ3v) is 5.48. The fourth-order valence-corrected chi connectivity index (χ4v) is 3.95. The molecule has 1 aromatic heterocycles. The van der Waals surface area contributed by atoms with Gasteiger partial charge in [-0.15, -0.1) is 0 Å². The lowest BCUT2D eigenvalue weighted by Gasteiger charge is -2.14. The first-order chi connectivity index (χ1) is 14.1. The number of amides is 3. The summed E-state index contributed by atoms with van der Waals surface area (Å²) in [5, 5.41) is 5.75. The zero-order chi connectivity index (χ0) is 20.5. The van der Waals surface area contributed by atoms with Crippen LogP contribution in [-0.4, -0.2) is 47.4 Å².